The van der Waals surface area contributed by atoms with Crippen molar-refractivity contribution < 1.29 is 22.8 Å². The molecule has 1 saturated carbocycles. The zero-order chi connectivity index (χ0) is 30.5. The van der Waals surface area contributed by atoms with Crippen molar-refractivity contribution in [2.75, 3.05) is 50.4 Å². The van der Waals surface area contributed by atoms with E-state index in [9.17, 15) is 22.8 Å². The topological polar surface area (TPSA) is 90.5 Å². The average molecular weight is 621 g/mol. The molecule has 0 atom stereocenters. The van der Waals surface area contributed by atoms with Crippen LogP contribution in [0.25, 0.3) is 0 Å². The normalized spacial score (nSPS) is 15.2. The predicted octanol–water partition coefficient (Wildman–Crippen LogP) is 5.68. The quantitative estimate of drug-likeness (QED) is 0.260. The number of thiazole rings is 2. The smallest absolute Gasteiger partial charge is 0.365 e. The third-order valence-electron chi connectivity index (χ3n) is 6.46. The van der Waals surface area contributed by atoms with Crippen molar-refractivity contribution in [3.05, 3.63) is 57.0 Å². The average Bonchev–Trinajstić information content (AvgIpc) is 3.43. The van der Waals surface area contributed by atoms with Gasteiger partial charge in [-0.3, -0.25) is 14.5 Å². The summed E-state index contributed by atoms with van der Waals surface area (Å²) in [5, 5.41) is 6.81. The molecule has 0 spiro atoms. The van der Waals surface area contributed by atoms with E-state index in [4.69, 9.17) is 0 Å². The molecular weight excluding hydrogens is 585 g/mol. The minimum atomic E-state index is -4.43. The monoisotopic (exact) mass is 620 g/mol. The summed E-state index contributed by atoms with van der Waals surface area (Å²) in [6.45, 7) is 8.88. The van der Waals surface area contributed by atoms with Gasteiger partial charge in [0.2, 0.25) is 6.41 Å². The Morgan fingerprint density at radius 3 is 2.05 bits per heavy atom. The Morgan fingerprint density at radius 1 is 1.00 bits per heavy atom. The van der Waals surface area contributed by atoms with Crippen molar-refractivity contribution in [3.63, 3.8) is 0 Å². The zero-order valence-corrected chi connectivity index (χ0v) is 25.5. The van der Waals surface area contributed by atoms with Crippen molar-refractivity contribution in [3.8, 4) is 11.8 Å². The fourth-order valence-corrected chi connectivity index (χ4v) is 5.01. The molecule has 8 nitrogen and oxygen atoms in total. The van der Waals surface area contributed by atoms with Gasteiger partial charge in [0.05, 0.1) is 27.7 Å². The van der Waals surface area contributed by atoms with Crippen LogP contribution in [0, 0.1) is 17.8 Å². The van der Waals surface area contributed by atoms with Gasteiger partial charge in [-0.1, -0.05) is 61.5 Å². The van der Waals surface area contributed by atoms with Gasteiger partial charge < -0.3 is 15.5 Å². The molecule has 2 fully saturated rings. The third-order valence-corrected chi connectivity index (χ3v) is 8.24. The predicted molar refractivity (Wildman–Crippen MR) is 162 cm³/mol. The minimum absolute atomic E-state index is 0.0573. The molecule has 13 heteroatoms. The number of hydrogen-bond donors (Lipinski definition) is 2. The van der Waals surface area contributed by atoms with Crippen molar-refractivity contribution in [2.24, 2.45) is 5.92 Å². The molecule has 1 aliphatic carbocycles. The van der Waals surface area contributed by atoms with E-state index in [0.29, 0.717) is 17.8 Å². The van der Waals surface area contributed by atoms with E-state index in [1.54, 1.807) is 12.4 Å². The number of alkyl halides is 3. The number of piperazine rings is 1. The Hall–Kier alpha value is -3.31. The van der Waals surface area contributed by atoms with Gasteiger partial charge in [0.25, 0.3) is 0 Å². The number of likely N-dealkylation sites (N-methyl/N-ethyl adjacent to an activating group) is 1. The van der Waals surface area contributed by atoms with Crippen molar-refractivity contribution >= 4 is 45.6 Å². The van der Waals surface area contributed by atoms with E-state index in [1.807, 2.05) is 11.9 Å². The first-order valence-corrected chi connectivity index (χ1v) is 15.2. The standard InChI is InChI=1S/C15H19F3N2O.C10H8N4OS2.C4H8/c1-2-19-5-7-20(8-6-19)10-13-4-3-12(11-21)9-14(13)15(16,17)18;1-11-9-12-4-7(16-9)2-3-8-5-13-10(17-8)14-6-15;1-4-2-3-4/h3-4,9,11H,2,5-8,10H2,1H3;4-6H,1H3,(H,11,12)(H,13,14,15);4H,2-3H2,1H3. The molecule has 1 amide bonds. The maximum atomic E-state index is 13.1. The summed E-state index contributed by atoms with van der Waals surface area (Å²) >= 11 is 2.82. The second-order valence-electron chi connectivity index (χ2n) is 9.75. The molecule has 2 aliphatic rings. The van der Waals surface area contributed by atoms with Crippen LogP contribution >= 0.6 is 22.7 Å². The lowest BCUT2D eigenvalue weighted by molar-refractivity contribution is -0.138. The third kappa shape index (κ3) is 11.2. The summed E-state index contributed by atoms with van der Waals surface area (Å²) in [6.07, 6.45) is 2.93. The van der Waals surface area contributed by atoms with E-state index in [2.05, 4.69) is 51.2 Å². The van der Waals surface area contributed by atoms with Crippen LogP contribution in [0.15, 0.2) is 30.6 Å². The number of hydrogen-bond acceptors (Lipinski definition) is 9. The van der Waals surface area contributed by atoms with Crippen LogP contribution < -0.4 is 10.6 Å². The number of benzene rings is 1. The Kier molecular flexibility index (Phi) is 12.9. The van der Waals surface area contributed by atoms with E-state index in [0.717, 1.165) is 59.6 Å². The summed E-state index contributed by atoms with van der Waals surface area (Å²) in [4.78, 5) is 35.0. The number of halogens is 3. The molecule has 3 aromatic rings. The number of carbonyl (C=O) groups excluding carboxylic acids is 2. The van der Waals surface area contributed by atoms with Crippen LogP contribution in [-0.2, 0) is 17.5 Å². The number of aldehydes is 1. The SMILES string of the molecule is CC1CC1.CCN1CCN(Cc2ccc(C=O)cc2C(F)(F)F)CC1.CNc1ncc(C#Cc2cnc(NC=O)s2)s1. The molecule has 1 saturated heterocycles. The molecule has 0 unspecified atom stereocenters. The number of carbonyl (C=O) groups is 2. The highest BCUT2D eigenvalue weighted by atomic mass is 32.1. The largest absolute Gasteiger partial charge is 0.416 e. The highest BCUT2D eigenvalue weighted by molar-refractivity contribution is 7.16. The van der Waals surface area contributed by atoms with Gasteiger partial charge in [-0.2, -0.15) is 13.2 Å². The second kappa shape index (κ2) is 16.4. The van der Waals surface area contributed by atoms with Crippen LogP contribution in [0.3, 0.4) is 0 Å². The van der Waals surface area contributed by atoms with Gasteiger partial charge >= 0.3 is 6.18 Å². The summed E-state index contributed by atoms with van der Waals surface area (Å²) in [5.41, 5.74) is -0.412. The van der Waals surface area contributed by atoms with Gasteiger partial charge in [0.1, 0.15) is 6.29 Å². The number of anilines is 2. The highest BCUT2D eigenvalue weighted by Crippen LogP contribution is 2.33. The first kappa shape index (κ1) is 33.2. The Balaban J connectivity index is 0.000000206. The Labute approximate surface area is 252 Å². The first-order chi connectivity index (χ1) is 20.1. The Morgan fingerprint density at radius 2 is 1.57 bits per heavy atom. The van der Waals surface area contributed by atoms with Crippen molar-refractivity contribution in [1.82, 2.24) is 19.8 Å². The summed E-state index contributed by atoms with van der Waals surface area (Å²) in [5.74, 6) is 7.04. The molecule has 1 aromatic carbocycles. The summed E-state index contributed by atoms with van der Waals surface area (Å²) in [7, 11) is 1.82. The molecule has 1 aliphatic heterocycles. The molecule has 0 bridgehead atoms. The van der Waals surface area contributed by atoms with E-state index < -0.39 is 11.7 Å². The molecule has 3 heterocycles. The van der Waals surface area contributed by atoms with E-state index >= 15 is 0 Å². The fraction of sp³-hybridized carbons (Fsp3) is 0.448. The first-order valence-electron chi connectivity index (χ1n) is 13.6. The lowest BCUT2D eigenvalue weighted by Gasteiger charge is -2.34. The van der Waals surface area contributed by atoms with Gasteiger partial charge in [0.15, 0.2) is 10.3 Å². The molecule has 226 valence electrons. The molecular formula is C29H35F3N6O2S2. The van der Waals surface area contributed by atoms with Crippen molar-refractivity contribution in [2.45, 2.75) is 39.4 Å². The lowest BCUT2D eigenvalue weighted by Crippen LogP contribution is -2.45. The summed E-state index contributed by atoms with van der Waals surface area (Å²) in [6, 6.07) is 3.79. The molecule has 42 heavy (non-hydrogen) atoms. The van der Waals surface area contributed by atoms with Gasteiger partial charge in [-0.15, -0.1) is 0 Å². The van der Waals surface area contributed by atoms with Crippen molar-refractivity contribution in [1.29, 1.82) is 0 Å². The Bertz CT molecular complexity index is 1350. The molecule has 0 radical (unpaired) electrons. The zero-order valence-electron chi connectivity index (χ0n) is 23.8. The van der Waals surface area contributed by atoms with Crippen LogP contribution in [0.4, 0.5) is 23.4 Å². The molecule has 2 N–H and O–H groups in total. The summed E-state index contributed by atoms with van der Waals surface area (Å²) < 4.78 is 39.3. The highest BCUT2D eigenvalue weighted by Gasteiger charge is 2.34. The number of aromatic nitrogens is 2. The number of nitrogens with one attached hydrogen (secondary N) is 2. The van der Waals surface area contributed by atoms with Gasteiger partial charge in [-0.25, -0.2) is 9.97 Å². The van der Waals surface area contributed by atoms with Crippen LogP contribution in [0.2, 0.25) is 0 Å². The molecule has 5 rings (SSSR count). The van der Waals surface area contributed by atoms with E-state index in [-0.39, 0.29) is 17.7 Å². The van der Waals surface area contributed by atoms with Gasteiger partial charge in [-0.05, 0) is 35.9 Å². The minimum Gasteiger partial charge on any atom is -0.365 e. The maximum Gasteiger partial charge on any atom is 0.416 e. The van der Waals surface area contributed by atoms with E-state index in [1.165, 1.54) is 47.6 Å². The molecule has 2 aromatic heterocycles. The van der Waals surface area contributed by atoms with Crippen LogP contribution in [0.1, 0.15) is 57.9 Å². The van der Waals surface area contributed by atoms with Crippen LogP contribution in [0.5, 0.6) is 0 Å². The fourth-order valence-electron chi connectivity index (χ4n) is 3.76. The number of amides is 1. The van der Waals surface area contributed by atoms with Gasteiger partial charge in [0, 0.05) is 45.3 Å². The number of nitrogens with zero attached hydrogens (tertiary/aromatic N) is 4. The number of rotatable bonds is 7. The lowest BCUT2D eigenvalue weighted by atomic mass is 10.0. The maximum absolute atomic E-state index is 13.1. The second-order valence-corrected chi connectivity index (χ2v) is 11.8. The van der Waals surface area contributed by atoms with Crippen LogP contribution in [-0.4, -0.2) is 72.2 Å².